The van der Waals surface area contributed by atoms with E-state index in [1.165, 1.54) is 35.0 Å². The summed E-state index contributed by atoms with van der Waals surface area (Å²) in [5.41, 5.74) is 2.05. The van der Waals surface area contributed by atoms with Crippen LogP contribution >= 0.6 is 23.1 Å². The molecule has 1 aliphatic rings. The molecule has 2 aromatic heterocycles. The monoisotopic (exact) mass is 415 g/mol. The van der Waals surface area contributed by atoms with E-state index in [4.69, 9.17) is 9.47 Å². The minimum Gasteiger partial charge on any atom is -0.493 e. The van der Waals surface area contributed by atoms with Gasteiger partial charge in [-0.15, -0.1) is 11.3 Å². The fraction of sp³-hybridized carbons (Fsp3) is 0.350. The lowest BCUT2D eigenvalue weighted by molar-refractivity contribution is -0.113. The summed E-state index contributed by atoms with van der Waals surface area (Å²) in [6, 6.07) is 5.31. The topological polar surface area (TPSA) is 73.3 Å². The van der Waals surface area contributed by atoms with Gasteiger partial charge in [0.2, 0.25) is 5.91 Å². The predicted molar refractivity (Wildman–Crippen MR) is 113 cm³/mol. The molecule has 8 heteroatoms. The molecule has 0 unspecified atom stereocenters. The van der Waals surface area contributed by atoms with Crippen molar-refractivity contribution in [1.29, 1.82) is 0 Å². The Morgan fingerprint density at radius 1 is 1.18 bits per heavy atom. The van der Waals surface area contributed by atoms with Gasteiger partial charge < -0.3 is 14.8 Å². The number of aryl methyl sites for hydroxylation is 2. The molecule has 0 saturated heterocycles. The number of hydrogen-bond donors (Lipinski definition) is 1. The maximum atomic E-state index is 12.5. The number of hydrogen-bond acceptors (Lipinski definition) is 7. The second kappa shape index (κ2) is 8.36. The quantitative estimate of drug-likeness (QED) is 0.477. The third-order valence-electron chi connectivity index (χ3n) is 4.72. The molecule has 28 heavy (non-hydrogen) atoms. The van der Waals surface area contributed by atoms with Gasteiger partial charge in [0.1, 0.15) is 16.2 Å². The van der Waals surface area contributed by atoms with Crippen molar-refractivity contribution in [3.8, 4) is 11.5 Å². The SMILES string of the molecule is COc1ccc(NC(=O)CSc2ncnc3sc4c(c23)CCCC4)cc1OC. The number of nitrogens with zero attached hydrogens (tertiary/aromatic N) is 2. The van der Waals surface area contributed by atoms with E-state index in [0.29, 0.717) is 17.2 Å². The number of rotatable bonds is 6. The molecule has 6 nitrogen and oxygen atoms in total. The summed E-state index contributed by atoms with van der Waals surface area (Å²) in [6.07, 6.45) is 6.24. The lowest BCUT2D eigenvalue weighted by atomic mass is 9.97. The first kappa shape index (κ1) is 19.0. The summed E-state index contributed by atoms with van der Waals surface area (Å²) < 4.78 is 10.5. The third kappa shape index (κ3) is 3.79. The summed E-state index contributed by atoms with van der Waals surface area (Å²) in [6.45, 7) is 0. The van der Waals surface area contributed by atoms with Gasteiger partial charge in [-0.3, -0.25) is 4.79 Å². The molecule has 0 aliphatic heterocycles. The Kier molecular flexibility index (Phi) is 5.68. The number of thioether (sulfide) groups is 1. The molecule has 1 amide bonds. The Balaban J connectivity index is 1.47. The Morgan fingerprint density at radius 2 is 2.00 bits per heavy atom. The molecule has 0 atom stereocenters. The Labute approximate surface area is 171 Å². The molecule has 1 N–H and O–H groups in total. The maximum absolute atomic E-state index is 12.5. The van der Waals surface area contributed by atoms with Gasteiger partial charge in [0.15, 0.2) is 11.5 Å². The number of carbonyl (C=O) groups is 1. The average Bonchev–Trinajstić information content (AvgIpc) is 3.11. The molecular formula is C20H21N3O3S2. The van der Waals surface area contributed by atoms with E-state index in [2.05, 4.69) is 15.3 Å². The van der Waals surface area contributed by atoms with Crippen molar-refractivity contribution in [1.82, 2.24) is 9.97 Å². The summed E-state index contributed by atoms with van der Waals surface area (Å²) in [4.78, 5) is 23.8. The van der Waals surface area contributed by atoms with Gasteiger partial charge in [-0.2, -0.15) is 0 Å². The lowest BCUT2D eigenvalue weighted by Crippen LogP contribution is -2.14. The molecule has 2 heterocycles. The second-order valence-corrected chi connectivity index (χ2v) is 8.52. The highest BCUT2D eigenvalue weighted by Gasteiger charge is 2.20. The highest BCUT2D eigenvalue weighted by Crippen LogP contribution is 2.39. The highest BCUT2D eigenvalue weighted by atomic mass is 32.2. The number of benzene rings is 1. The average molecular weight is 416 g/mol. The summed E-state index contributed by atoms with van der Waals surface area (Å²) in [5.74, 6) is 1.40. The number of anilines is 1. The van der Waals surface area contributed by atoms with Crippen molar-refractivity contribution < 1.29 is 14.3 Å². The van der Waals surface area contributed by atoms with Crippen molar-refractivity contribution in [3.05, 3.63) is 35.0 Å². The van der Waals surface area contributed by atoms with Crippen LogP contribution in [0.15, 0.2) is 29.6 Å². The van der Waals surface area contributed by atoms with Gasteiger partial charge in [0.25, 0.3) is 0 Å². The van der Waals surface area contributed by atoms with E-state index in [1.807, 2.05) is 0 Å². The number of ether oxygens (including phenoxy) is 2. The van der Waals surface area contributed by atoms with E-state index >= 15 is 0 Å². The van der Waals surface area contributed by atoms with Crippen molar-refractivity contribution in [2.45, 2.75) is 30.7 Å². The van der Waals surface area contributed by atoms with Crippen LogP contribution in [0.25, 0.3) is 10.2 Å². The molecule has 3 aromatic rings. The van der Waals surface area contributed by atoms with Crippen LogP contribution in [0.4, 0.5) is 5.69 Å². The van der Waals surface area contributed by atoms with Crippen LogP contribution in [-0.2, 0) is 17.6 Å². The van der Waals surface area contributed by atoms with Crippen LogP contribution in [-0.4, -0.2) is 35.8 Å². The third-order valence-corrected chi connectivity index (χ3v) is 6.91. The van der Waals surface area contributed by atoms with E-state index in [0.717, 1.165) is 28.1 Å². The normalized spacial score (nSPS) is 13.2. The summed E-state index contributed by atoms with van der Waals surface area (Å²) in [5, 5.41) is 4.95. The number of aromatic nitrogens is 2. The number of thiophene rings is 1. The van der Waals surface area contributed by atoms with Crippen LogP contribution in [0, 0.1) is 0 Å². The molecule has 0 saturated carbocycles. The van der Waals surface area contributed by atoms with E-state index in [1.54, 1.807) is 50.1 Å². The number of nitrogens with one attached hydrogen (secondary N) is 1. The molecule has 146 valence electrons. The van der Waals surface area contributed by atoms with Gasteiger partial charge in [-0.05, 0) is 43.4 Å². The fourth-order valence-corrected chi connectivity index (χ4v) is 5.54. The molecule has 0 spiro atoms. The Bertz CT molecular complexity index is 1020. The highest BCUT2D eigenvalue weighted by molar-refractivity contribution is 8.00. The zero-order chi connectivity index (χ0) is 19.5. The van der Waals surface area contributed by atoms with Crippen LogP contribution in [0.1, 0.15) is 23.3 Å². The predicted octanol–water partition coefficient (Wildman–Crippen LogP) is 4.32. The molecule has 4 rings (SSSR count). The molecule has 0 bridgehead atoms. The van der Waals surface area contributed by atoms with Crippen LogP contribution in [0.3, 0.4) is 0 Å². The van der Waals surface area contributed by atoms with Gasteiger partial charge >= 0.3 is 0 Å². The fourth-order valence-electron chi connectivity index (χ4n) is 3.42. The minimum absolute atomic E-state index is 0.0897. The Hall–Kier alpha value is -2.32. The maximum Gasteiger partial charge on any atom is 0.234 e. The smallest absolute Gasteiger partial charge is 0.234 e. The van der Waals surface area contributed by atoms with E-state index in [9.17, 15) is 4.79 Å². The van der Waals surface area contributed by atoms with E-state index in [-0.39, 0.29) is 11.7 Å². The number of methoxy groups -OCH3 is 2. The van der Waals surface area contributed by atoms with Crippen LogP contribution < -0.4 is 14.8 Å². The van der Waals surface area contributed by atoms with Crippen molar-refractivity contribution in [2.75, 3.05) is 25.3 Å². The van der Waals surface area contributed by atoms with Crippen molar-refractivity contribution in [2.24, 2.45) is 0 Å². The molecule has 0 fully saturated rings. The van der Waals surface area contributed by atoms with Crippen molar-refractivity contribution >= 4 is 44.9 Å². The zero-order valence-corrected chi connectivity index (χ0v) is 17.4. The molecule has 1 aliphatic carbocycles. The first-order valence-corrected chi connectivity index (χ1v) is 10.9. The second-order valence-electron chi connectivity index (χ2n) is 6.48. The van der Waals surface area contributed by atoms with Gasteiger partial charge in [-0.25, -0.2) is 9.97 Å². The zero-order valence-electron chi connectivity index (χ0n) is 15.8. The number of amides is 1. The molecule has 0 radical (unpaired) electrons. The molecular weight excluding hydrogens is 394 g/mol. The first-order chi connectivity index (χ1) is 13.7. The largest absolute Gasteiger partial charge is 0.493 e. The van der Waals surface area contributed by atoms with Crippen molar-refractivity contribution in [3.63, 3.8) is 0 Å². The van der Waals surface area contributed by atoms with Crippen LogP contribution in [0.2, 0.25) is 0 Å². The van der Waals surface area contributed by atoms with E-state index < -0.39 is 0 Å². The van der Waals surface area contributed by atoms with Gasteiger partial charge in [0.05, 0.1) is 20.0 Å². The summed E-state index contributed by atoms with van der Waals surface area (Å²) >= 11 is 3.23. The van der Waals surface area contributed by atoms with Gasteiger partial charge in [0, 0.05) is 22.0 Å². The number of carbonyl (C=O) groups excluding carboxylic acids is 1. The Morgan fingerprint density at radius 3 is 2.82 bits per heavy atom. The standard InChI is InChI=1S/C20H21N3O3S2/c1-25-14-8-7-12(9-15(14)26-2)23-17(24)10-27-19-18-13-5-3-4-6-16(13)28-20(18)22-11-21-19/h7-9,11H,3-6,10H2,1-2H3,(H,23,24). The summed E-state index contributed by atoms with van der Waals surface area (Å²) in [7, 11) is 3.15. The number of fused-ring (bicyclic) bond motifs is 3. The first-order valence-electron chi connectivity index (χ1n) is 9.09. The minimum atomic E-state index is -0.0897. The van der Waals surface area contributed by atoms with Gasteiger partial charge in [-0.1, -0.05) is 11.8 Å². The molecule has 1 aromatic carbocycles. The lowest BCUT2D eigenvalue weighted by Gasteiger charge is -2.12. The van der Waals surface area contributed by atoms with Crippen LogP contribution in [0.5, 0.6) is 11.5 Å².